The Morgan fingerprint density at radius 3 is 2.09 bits per heavy atom. The number of nitrogens with zero attached hydrogens (tertiary/aromatic N) is 4. The molecule has 0 aliphatic heterocycles. The van der Waals surface area contributed by atoms with Crippen molar-refractivity contribution in [1.82, 2.24) is 14.5 Å². The molecular weight excluding hydrogens is 1010 g/mol. The van der Waals surface area contributed by atoms with Crippen LogP contribution < -0.4 is 5.19 Å². The second kappa shape index (κ2) is 19.5. The van der Waals surface area contributed by atoms with Gasteiger partial charge in [-0.05, 0) is 116 Å². The maximum Gasteiger partial charge on any atom is 0.0798 e. The number of rotatable bonds is 9. The number of aryl methyl sites for hydroxylation is 2. The van der Waals surface area contributed by atoms with Crippen molar-refractivity contribution in [2.45, 2.75) is 93.3 Å². The molecule has 0 unspecified atom stereocenters. The number of benzene rings is 6. The van der Waals surface area contributed by atoms with E-state index in [4.69, 9.17) is 10.2 Å². The number of hydrogen-bond acceptors (Lipinski definition) is 4. The minimum absolute atomic E-state index is 0. The van der Waals surface area contributed by atoms with E-state index in [0.29, 0.717) is 23.3 Å². The Kier molecular flexibility index (Phi) is 14.3. The van der Waals surface area contributed by atoms with Gasteiger partial charge in [0.2, 0.25) is 0 Å². The van der Waals surface area contributed by atoms with Crippen molar-refractivity contribution in [2.24, 2.45) is 5.92 Å². The van der Waals surface area contributed by atoms with Gasteiger partial charge in [0.1, 0.15) is 0 Å². The topological polar surface area (TPSA) is 54.5 Å². The van der Waals surface area contributed by atoms with Crippen LogP contribution in [0.4, 0.5) is 0 Å². The zero-order valence-corrected chi connectivity index (χ0v) is 43.7. The molecule has 9 aromatic rings. The number of hydrogen-bond donors (Lipinski definition) is 0. The van der Waals surface area contributed by atoms with Crippen LogP contribution in [0.1, 0.15) is 86.8 Å². The Hall–Kier alpha value is -5.48. The van der Waals surface area contributed by atoms with Crippen molar-refractivity contribution in [3.63, 3.8) is 0 Å². The average Bonchev–Trinajstić information content (AvgIpc) is 3.85. The molecule has 0 aliphatic carbocycles. The maximum atomic E-state index is 8.89. The molecule has 0 fully saturated rings. The van der Waals surface area contributed by atoms with Gasteiger partial charge in [-0.3, -0.25) is 4.98 Å². The third kappa shape index (κ3) is 9.74. The van der Waals surface area contributed by atoms with Crippen LogP contribution in [-0.4, -0.2) is 22.6 Å². The van der Waals surface area contributed by atoms with Crippen molar-refractivity contribution in [2.75, 3.05) is 0 Å². The van der Waals surface area contributed by atoms with Gasteiger partial charge in [-0.15, -0.1) is 47.5 Å². The summed E-state index contributed by atoms with van der Waals surface area (Å²) in [7, 11) is -1.40. The maximum absolute atomic E-state index is 8.89. The Morgan fingerprint density at radius 2 is 1.46 bits per heavy atom. The molecule has 0 bridgehead atoms. The molecule has 0 saturated carbocycles. The van der Waals surface area contributed by atoms with Gasteiger partial charge >= 0.3 is 0 Å². The van der Waals surface area contributed by atoms with Crippen LogP contribution in [-0.2, 0) is 26.5 Å². The Morgan fingerprint density at radius 1 is 0.769 bits per heavy atom. The molecule has 3 heterocycles. The number of imidazole rings is 1. The van der Waals surface area contributed by atoms with E-state index in [1.165, 1.54) is 70.0 Å². The van der Waals surface area contributed by atoms with E-state index in [1.807, 2.05) is 23.5 Å². The molecule has 0 amide bonds. The summed E-state index contributed by atoms with van der Waals surface area (Å²) in [4.78, 5) is 10.0. The number of nitriles is 1. The summed E-state index contributed by atoms with van der Waals surface area (Å²) in [6.07, 6.45) is 3.14. The van der Waals surface area contributed by atoms with Crippen molar-refractivity contribution in [3.8, 4) is 45.5 Å². The number of fused-ring (bicyclic) bond motifs is 4. The van der Waals surface area contributed by atoms with E-state index in [0.717, 1.165) is 40.1 Å². The number of thiophene rings is 1. The van der Waals surface area contributed by atoms with Crippen LogP contribution in [0.5, 0.6) is 0 Å². The quantitative estimate of drug-likeness (QED) is 0.107. The zero-order chi connectivity index (χ0) is 45.4. The first-order valence-corrected chi connectivity index (χ1v) is 26.9. The van der Waals surface area contributed by atoms with Gasteiger partial charge in [-0.25, -0.2) is 5.26 Å². The summed E-state index contributed by atoms with van der Waals surface area (Å²) in [5.41, 5.74) is 16.1. The molecule has 1 radical (unpaired) electrons. The molecule has 0 atom stereocenters. The van der Waals surface area contributed by atoms with Crippen LogP contribution in [0.2, 0.25) is 19.6 Å². The summed E-state index contributed by atoms with van der Waals surface area (Å²) < 4.78 is 5.00. The first-order valence-electron chi connectivity index (χ1n) is 22.6. The van der Waals surface area contributed by atoms with Gasteiger partial charge in [-0.2, -0.15) is 11.3 Å². The fourth-order valence-corrected chi connectivity index (χ4v) is 11.8. The minimum Gasteiger partial charge on any atom is -0.333 e. The first kappa shape index (κ1) is 47.5. The van der Waals surface area contributed by atoms with E-state index < -0.39 is 8.07 Å². The molecule has 65 heavy (non-hydrogen) atoms. The van der Waals surface area contributed by atoms with Crippen LogP contribution >= 0.6 is 11.3 Å². The molecule has 7 heteroatoms. The number of pyridine rings is 1. The van der Waals surface area contributed by atoms with Gasteiger partial charge in [0.05, 0.1) is 24.9 Å². The van der Waals surface area contributed by atoms with E-state index >= 15 is 0 Å². The predicted molar refractivity (Wildman–Crippen MR) is 276 cm³/mol. The molecule has 331 valence electrons. The van der Waals surface area contributed by atoms with Crippen LogP contribution in [0.25, 0.3) is 70.7 Å². The summed E-state index contributed by atoms with van der Waals surface area (Å²) in [5.74, 6) is 2.23. The normalized spacial score (nSPS) is 11.6. The van der Waals surface area contributed by atoms with Crippen LogP contribution in [0.3, 0.4) is 0 Å². The first-order chi connectivity index (χ1) is 30.6. The predicted octanol–water partition coefficient (Wildman–Crippen LogP) is 15.6. The average molecular weight is 1060 g/mol. The zero-order valence-electron chi connectivity index (χ0n) is 39.5. The van der Waals surface area contributed by atoms with Crippen molar-refractivity contribution < 1.29 is 20.1 Å². The summed E-state index contributed by atoms with van der Waals surface area (Å²) >= 11 is 1.86. The molecule has 0 N–H and O–H groups in total. The van der Waals surface area contributed by atoms with Crippen LogP contribution in [0.15, 0.2) is 121 Å². The van der Waals surface area contributed by atoms with Gasteiger partial charge in [0.15, 0.2) is 0 Å². The summed E-state index contributed by atoms with van der Waals surface area (Å²) in [6, 6.07) is 49.8. The van der Waals surface area contributed by atoms with Crippen molar-refractivity contribution in [1.29, 1.82) is 5.26 Å². The Bertz CT molecular complexity index is 3150. The molecule has 3 aromatic heterocycles. The molecule has 6 aromatic carbocycles. The van der Waals surface area contributed by atoms with Crippen molar-refractivity contribution >= 4 is 55.8 Å². The number of aromatic nitrogens is 3. The Balaban J connectivity index is 0.000000233. The SMILES string of the molecule is CC(C)Cc1cc(-c2[c-]cc(C#N)cc2)ncc1[Si](C)(C)C.Cc1ccc2c(c1)sc1c(-c3nc4ccccc4n3-c3c(C(C)C)cc(-c4ccccc4)cc3C(C)C)[c-]cc(C)c12.[Ir]. The fraction of sp³-hybridized carbons (Fsp3) is 0.259. The molecule has 0 saturated heterocycles. The van der Waals surface area contributed by atoms with Crippen LogP contribution in [0, 0.1) is 43.2 Å². The minimum atomic E-state index is -1.40. The standard InChI is InChI=1S/C39H35N2S.C19H23N2Si.Ir/c1-23(2)31-21-28(27-12-8-7-9-13-27)22-32(24(3)4)37(31)41-34-15-11-10-14-33(34)40-39(41)30-19-17-26(6)36-29-18-16-25(5)20-35(29)42-38(30)36;1-14(2)10-17-11-18(21-13-19(17)22(3,4)5)16-8-6-15(12-20)7-9-16;/h7-18,20-24H,1-6H3;6-8,11,13-14H,10H2,1-5H3;/q2*-1;. The molecule has 0 aliphatic rings. The summed E-state index contributed by atoms with van der Waals surface area (Å²) in [6.45, 7) is 25.2. The van der Waals surface area contributed by atoms with E-state index in [2.05, 4.69) is 206 Å². The van der Waals surface area contributed by atoms with Gasteiger partial charge in [0.25, 0.3) is 0 Å². The molecule has 0 spiro atoms. The second-order valence-corrected chi connectivity index (χ2v) is 25.4. The number of para-hydroxylation sites is 2. The van der Waals surface area contributed by atoms with Gasteiger partial charge < -0.3 is 9.55 Å². The third-order valence-corrected chi connectivity index (χ3v) is 15.3. The van der Waals surface area contributed by atoms with E-state index in [-0.39, 0.29) is 20.1 Å². The summed E-state index contributed by atoms with van der Waals surface area (Å²) in [5, 5.41) is 13.0. The molecule has 4 nitrogen and oxygen atoms in total. The smallest absolute Gasteiger partial charge is 0.0798 e. The Labute approximate surface area is 404 Å². The van der Waals surface area contributed by atoms with E-state index in [9.17, 15) is 0 Å². The largest absolute Gasteiger partial charge is 0.333 e. The van der Waals surface area contributed by atoms with E-state index in [1.54, 1.807) is 6.07 Å². The van der Waals surface area contributed by atoms with Crippen molar-refractivity contribution in [3.05, 3.63) is 167 Å². The second-order valence-electron chi connectivity index (χ2n) is 19.3. The monoisotopic (exact) mass is 1060 g/mol. The third-order valence-electron chi connectivity index (χ3n) is 12.1. The fourth-order valence-electron chi connectivity index (χ4n) is 8.87. The van der Waals surface area contributed by atoms with Gasteiger partial charge in [0, 0.05) is 42.8 Å². The molecular formula is C58H58IrN4SSi-2. The van der Waals surface area contributed by atoms with Gasteiger partial charge in [-0.1, -0.05) is 145 Å². The molecule has 9 rings (SSSR count).